The summed E-state index contributed by atoms with van der Waals surface area (Å²) in [6.45, 7) is 7.92. The average molecular weight is 704 g/mol. The maximum Gasteiger partial charge on any atom is 0.313 e. The van der Waals surface area contributed by atoms with Crippen LogP contribution in [0.1, 0.15) is 50.2 Å². The van der Waals surface area contributed by atoms with Crippen LogP contribution in [0.2, 0.25) is 0 Å². The fourth-order valence-corrected chi connectivity index (χ4v) is 7.82. The van der Waals surface area contributed by atoms with Gasteiger partial charge in [-0.15, -0.1) is 13.2 Å². The average Bonchev–Trinajstić information content (AvgIpc) is 3.79. The lowest BCUT2D eigenvalue weighted by atomic mass is 9.70. The van der Waals surface area contributed by atoms with E-state index in [9.17, 15) is 24.3 Å². The van der Waals surface area contributed by atoms with Crippen LogP contribution in [0.15, 0.2) is 79.9 Å². The normalized spacial score (nSPS) is 24.4. The lowest BCUT2D eigenvalue weighted by Crippen LogP contribution is -2.56. The molecule has 0 aromatic heterocycles. The second-order valence-electron chi connectivity index (χ2n) is 13.2. The smallest absolute Gasteiger partial charge is 0.313 e. The number of likely N-dealkylation sites (tertiary alicyclic amines) is 1. The van der Waals surface area contributed by atoms with Crippen molar-refractivity contribution in [1.82, 2.24) is 10.2 Å². The molecule has 3 aliphatic rings. The first kappa shape index (κ1) is 37.7. The van der Waals surface area contributed by atoms with Crippen LogP contribution in [-0.2, 0) is 33.4 Å². The minimum Gasteiger partial charge on any atom is -0.497 e. The molecule has 3 aliphatic heterocycles. The molecule has 0 saturated carbocycles. The van der Waals surface area contributed by atoms with E-state index in [1.54, 1.807) is 60.6 Å². The number of nitrogens with zero attached hydrogens (tertiary/aromatic N) is 2. The van der Waals surface area contributed by atoms with E-state index in [4.69, 9.17) is 18.9 Å². The number of nitrogens with one attached hydrogen (secondary N) is 1. The molecule has 3 saturated heterocycles. The Morgan fingerprint density at radius 3 is 2.49 bits per heavy atom. The number of hydrogen-bond donors (Lipinski definition) is 2. The number of carbonyl (C=O) groups is 4. The zero-order chi connectivity index (χ0) is 36.5. The molecule has 2 aromatic rings. The van der Waals surface area contributed by atoms with Crippen LogP contribution in [0, 0.1) is 11.8 Å². The molecule has 2 aromatic carbocycles. The first-order valence-corrected chi connectivity index (χ1v) is 17.5. The van der Waals surface area contributed by atoms with Gasteiger partial charge in [-0.1, -0.05) is 42.5 Å². The molecule has 12 heteroatoms. The van der Waals surface area contributed by atoms with Crippen molar-refractivity contribution in [3.63, 3.8) is 0 Å². The SMILES string of the molecule is C=CCCC(=O)N[C@@H](COC)[C@@H](OC(=O)[C@@H]1[C@@H]2CC[C@]3(O2)[C@H](C(=O)N(CC=C)c2ccc(OC)cc2)N(CCCCO)C(=O)[C@@H]13)c1ccccc1. The number of hydrogen-bond acceptors (Lipinski definition) is 9. The van der Waals surface area contributed by atoms with Crippen molar-refractivity contribution < 1.29 is 43.2 Å². The highest BCUT2D eigenvalue weighted by Crippen LogP contribution is 2.59. The molecule has 0 unspecified atom stereocenters. The predicted molar refractivity (Wildman–Crippen MR) is 190 cm³/mol. The van der Waals surface area contributed by atoms with Gasteiger partial charge in [-0.2, -0.15) is 0 Å². The highest BCUT2D eigenvalue weighted by atomic mass is 16.6. The number of anilines is 1. The standard InChI is InChI=1S/C39H49N3O9/c1-5-7-15-31(44)40-29(25-48-3)34(26-13-9-8-10-14-26)50-38(47)32-30-20-21-39(51-30)33(32)36(45)42(23-11-12-24-43)35(39)37(46)41(22-6-2)27-16-18-28(49-4)19-17-27/h5-6,8-10,13-14,16-19,29-30,32-35,43H,1-2,7,11-12,15,20-25H2,3-4H3,(H,40,44)/t29-,30-,32+,33+,34-,35-,39+/m0/s1. The fourth-order valence-electron chi connectivity index (χ4n) is 7.82. The number of aliphatic hydroxyl groups excluding tert-OH is 1. The van der Waals surface area contributed by atoms with Gasteiger partial charge in [-0.25, -0.2) is 0 Å². The minimum absolute atomic E-state index is 0.0588. The summed E-state index contributed by atoms with van der Waals surface area (Å²) in [7, 11) is 3.06. The minimum atomic E-state index is -1.26. The number of allylic oxidation sites excluding steroid dienone is 1. The third kappa shape index (κ3) is 7.73. The summed E-state index contributed by atoms with van der Waals surface area (Å²) < 4.78 is 23.7. The van der Waals surface area contributed by atoms with Gasteiger partial charge < -0.3 is 39.2 Å². The maximum atomic E-state index is 14.7. The van der Waals surface area contributed by atoms with Gasteiger partial charge in [0.05, 0.1) is 37.7 Å². The van der Waals surface area contributed by atoms with Crippen molar-refractivity contribution in [3.05, 3.63) is 85.5 Å². The largest absolute Gasteiger partial charge is 0.497 e. The number of esters is 1. The highest BCUT2D eigenvalue weighted by Gasteiger charge is 2.75. The lowest BCUT2D eigenvalue weighted by Gasteiger charge is -2.37. The van der Waals surface area contributed by atoms with E-state index in [2.05, 4.69) is 18.5 Å². The summed E-state index contributed by atoms with van der Waals surface area (Å²) in [4.78, 5) is 59.6. The van der Waals surface area contributed by atoms with Crippen LogP contribution in [-0.4, -0.2) is 98.0 Å². The number of amides is 3. The second kappa shape index (κ2) is 17.1. The number of unbranched alkanes of at least 4 members (excludes halogenated alkanes) is 1. The topological polar surface area (TPSA) is 144 Å². The predicted octanol–water partition coefficient (Wildman–Crippen LogP) is 3.74. The highest BCUT2D eigenvalue weighted by molar-refractivity contribution is 6.04. The van der Waals surface area contributed by atoms with Gasteiger partial charge >= 0.3 is 5.97 Å². The molecule has 1 spiro atoms. The van der Waals surface area contributed by atoms with Crippen molar-refractivity contribution in [2.45, 2.75) is 68.4 Å². The van der Waals surface area contributed by atoms with E-state index in [-0.39, 0.29) is 50.4 Å². The van der Waals surface area contributed by atoms with Crippen molar-refractivity contribution in [3.8, 4) is 5.75 Å². The number of methoxy groups -OCH3 is 2. The molecule has 51 heavy (non-hydrogen) atoms. The molecule has 2 bridgehead atoms. The van der Waals surface area contributed by atoms with Crippen LogP contribution >= 0.6 is 0 Å². The lowest BCUT2D eigenvalue weighted by molar-refractivity contribution is -0.163. The van der Waals surface area contributed by atoms with E-state index in [0.29, 0.717) is 49.1 Å². The molecule has 3 amide bonds. The van der Waals surface area contributed by atoms with E-state index >= 15 is 0 Å². The fraction of sp³-hybridized carbons (Fsp3) is 0.487. The summed E-state index contributed by atoms with van der Waals surface area (Å²) in [5, 5.41) is 12.5. The molecule has 0 aliphatic carbocycles. The van der Waals surface area contributed by atoms with Crippen LogP contribution < -0.4 is 15.0 Å². The Morgan fingerprint density at radius 2 is 1.84 bits per heavy atom. The number of aliphatic hydroxyl groups is 1. The van der Waals surface area contributed by atoms with Crippen LogP contribution in [0.25, 0.3) is 0 Å². The van der Waals surface area contributed by atoms with Crippen molar-refractivity contribution in [1.29, 1.82) is 0 Å². The van der Waals surface area contributed by atoms with E-state index < -0.39 is 47.7 Å². The van der Waals surface area contributed by atoms with Crippen molar-refractivity contribution in [2.75, 3.05) is 45.4 Å². The van der Waals surface area contributed by atoms with Gasteiger partial charge in [0.1, 0.15) is 23.5 Å². The quantitative estimate of drug-likeness (QED) is 0.127. The Hall–Kier alpha value is -4.52. The van der Waals surface area contributed by atoms with Crippen LogP contribution in [0.4, 0.5) is 5.69 Å². The van der Waals surface area contributed by atoms with Gasteiger partial charge in [-0.3, -0.25) is 19.2 Å². The first-order chi connectivity index (χ1) is 24.7. The van der Waals surface area contributed by atoms with Crippen molar-refractivity contribution in [2.24, 2.45) is 11.8 Å². The molecular formula is C39H49N3O9. The summed E-state index contributed by atoms with van der Waals surface area (Å²) in [5.41, 5.74) is -0.0238. The summed E-state index contributed by atoms with van der Waals surface area (Å²) in [6.07, 6.45) is 4.13. The Morgan fingerprint density at radius 1 is 1.10 bits per heavy atom. The van der Waals surface area contributed by atoms with E-state index in [1.165, 1.54) is 12.0 Å². The molecule has 7 atom stereocenters. The number of benzene rings is 2. The number of fused-ring (bicyclic) bond motifs is 1. The van der Waals surface area contributed by atoms with Gasteiger partial charge in [0, 0.05) is 38.9 Å². The molecule has 274 valence electrons. The third-order valence-corrected chi connectivity index (χ3v) is 10.1. The molecule has 0 radical (unpaired) electrons. The van der Waals surface area contributed by atoms with Gasteiger partial charge in [0.2, 0.25) is 11.8 Å². The second-order valence-corrected chi connectivity index (χ2v) is 13.2. The molecule has 2 N–H and O–H groups in total. The van der Waals surface area contributed by atoms with Crippen LogP contribution in [0.5, 0.6) is 5.75 Å². The summed E-state index contributed by atoms with van der Waals surface area (Å²) in [6, 6.07) is 14.4. The Labute approximate surface area is 299 Å². The van der Waals surface area contributed by atoms with Crippen LogP contribution in [0.3, 0.4) is 0 Å². The number of rotatable bonds is 19. The molecule has 3 heterocycles. The number of ether oxygens (including phenoxy) is 4. The monoisotopic (exact) mass is 703 g/mol. The zero-order valence-corrected chi connectivity index (χ0v) is 29.4. The van der Waals surface area contributed by atoms with Gasteiger partial charge in [0.25, 0.3) is 5.91 Å². The van der Waals surface area contributed by atoms with E-state index in [1.807, 2.05) is 18.2 Å². The summed E-state index contributed by atoms with van der Waals surface area (Å²) in [5.74, 6) is -2.91. The van der Waals surface area contributed by atoms with Gasteiger partial charge in [0.15, 0.2) is 0 Å². The first-order valence-electron chi connectivity index (χ1n) is 17.5. The van der Waals surface area contributed by atoms with Crippen molar-refractivity contribution >= 4 is 29.4 Å². The third-order valence-electron chi connectivity index (χ3n) is 10.1. The molecule has 12 nitrogen and oxygen atoms in total. The molecule has 5 rings (SSSR count). The molecular weight excluding hydrogens is 654 g/mol. The van der Waals surface area contributed by atoms with E-state index in [0.717, 1.165) is 0 Å². The summed E-state index contributed by atoms with van der Waals surface area (Å²) >= 11 is 0. The zero-order valence-electron chi connectivity index (χ0n) is 29.4. The molecule has 3 fully saturated rings. The Kier molecular flexibility index (Phi) is 12.7. The number of carbonyl (C=O) groups excluding carboxylic acids is 4. The Bertz CT molecular complexity index is 1550. The Balaban J connectivity index is 1.48. The van der Waals surface area contributed by atoms with Gasteiger partial charge in [-0.05, 0) is 61.9 Å². The maximum absolute atomic E-state index is 14.7.